The zero-order valence-corrected chi connectivity index (χ0v) is 7.30. The molecule has 0 spiro atoms. The Labute approximate surface area is 74.0 Å². The summed E-state index contributed by atoms with van der Waals surface area (Å²) in [6.45, 7) is 0. The Morgan fingerprint density at radius 2 is 2.50 bits per heavy atom. The van der Waals surface area contributed by atoms with E-state index < -0.39 is 5.97 Å². The van der Waals surface area contributed by atoms with Gasteiger partial charge in [0, 0.05) is 5.75 Å². The van der Waals surface area contributed by atoms with Crippen LogP contribution in [0.2, 0.25) is 0 Å². The van der Waals surface area contributed by atoms with Crippen molar-refractivity contribution < 1.29 is 14.7 Å². The molecule has 0 aliphatic rings. The number of nitriles is 1. The van der Waals surface area contributed by atoms with Gasteiger partial charge in [-0.25, -0.2) is 4.79 Å². The highest BCUT2D eigenvalue weighted by Crippen LogP contribution is 1.99. The van der Waals surface area contributed by atoms with E-state index in [2.05, 4.69) is 9.99 Å². The van der Waals surface area contributed by atoms with Gasteiger partial charge in [-0.2, -0.15) is 5.26 Å². The van der Waals surface area contributed by atoms with E-state index in [0.717, 1.165) is 0 Å². The highest BCUT2D eigenvalue weighted by atomic mass is 32.2. The van der Waals surface area contributed by atoms with E-state index >= 15 is 0 Å². The minimum absolute atomic E-state index is 0.0854. The standard InChI is InChI=1S/C6H8N2O3S/c1-11-8-5(6(9)10)4-12-3-2-7/h3-4H2,1H3,(H,9,10). The molecule has 0 heterocycles. The van der Waals surface area contributed by atoms with Crippen LogP contribution in [0.1, 0.15) is 0 Å². The van der Waals surface area contributed by atoms with Gasteiger partial charge in [0.1, 0.15) is 7.11 Å². The number of rotatable bonds is 5. The molecular weight excluding hydrogens is 180 g/mol. The van der Waals surface area contributed by atoms with Crippen molar-refractivity contribution in [3.8, 4) is 6.07 Å². The van der Waals surface area contributed by atoms with Crippen LogP contribution in [0.5, 0.6) is 0 Å². The minimum Gasteiger partial charge on any atom is -0.477 e. The molecule has 0 rings (SSSR count). The molecule has 0 aromatic heterocycles. The first-order valence-corrected chi connectivity index (χ1v) is 4.15. The van der Waals surface area contributed by atoms with Crippen molar-refractivity contribution in [2.45, 2.75) is 0 Å². The zero-order valence-electron chi connectivity index (χ0n) is 6.48. The van der Waals surface area contributed by atoms with Crippen molar-refractivity contribution in [3.05, 3.63) is 0 Å². The third kappa shape index (κ3) is 4.57. The number of nitrogens with zero attached hydrogens (tertiary/aromatic N) is 2. The number of carboxylic acid groups (broad SMARTS) is 1. The van der Waals surface area contributed by atoms with Crippen molar-refractivity contribution in [2.75, 3.05) is 18.6 Å². The van der Waals surface area contributed by atoms with Gasteiger partial charge in [0.2, 0.25) is 0 Å². The molecule has 6 heteroatoms. The fourth-order valence-corrected chi connectivity index (χ4v) is 0.994. The topological polar surface area (TPSA) is 82.7 Å². The summed E-state index contributed by atoms with van der Waals surface area (Å²) in [7, 11) is 1.28. The Kier molecular flexibility index (Phi) is 5.83. The number of carboxylic acids is 1. The van der Waals surface area contributed by atoms with Gasteiger partial charge in [-0.3, -0.25) is 0 Å². The normalized spacial score (nSPS) is 10.5. The summed E-state index contributed by atoms with van der Waals surface area (Å²) in [5.41, 5.74) is -0.0854. The second kappa shape index (κ2) is 6.49. The van der Waals surface area contributed by atoms with Crippen LogP contribution in [0.4, 0.5) is 0 Å². The van der Waals surface area contributed by atoms with Gasteiger partial charge in [0.05, 0.1) is 11.8 Å². The van der Waals surface area contributed by atoms with Crippen LogP contribution in [0, 0.1) is 11.3 Å². The summed E-state index contributed by atoms with van der Waals surface area (Å²) in [6, 6.07) is 1.88. The van der Waals surface area contributed by atoms with Gasteiger partial charge in [0.25, 0.3) is 0 Å². The molecule has 0 unspecified atom stereocenters. The van der Waals surface area contributed by atoms with Gasteiger partial charge in [-0.05, 0) is 0 Å². The van der Waals surface area contributed by atoms with Gasteiger partial charge in [-0.1, -0.05) is 5.16 Å². The molecule has 0 aromatic carbocycles. The van der Waals surface area contributed by atoms with Crippen LogP contribution in [0.3, 0.4) is 0 Å². The van der Waals surface area contributed by atoms with Crippen LogP contribution in [0.25, 0.3) is 0 Å². The second-order valence-electron chi connectivity index (χ2n) is 1.68. The Morgan fingerprint density at radius 3 is 2.92 bits per heavy atom. The first kappa shape index (κ1) is 10.8. The number of carbonyl (C=O) groups is 1. The molecule has 0 aliphatic heterocycles. The smallest absolute Gasteiger partial charge is 0.354 e. The van der Waals surface area contributed by atoms with Crippen LogP contribution in [-0.4, -0.2) is 35.4 Å². The largest absolute Gasteiger partial charge is 0.477 e. The molecule has 0 amide bonds. The molecule has 12 heavy (non-hydrogen) atoms. The Morgan fingerprint density at radius 1 is 1.83 bits per heavy atom. The zero-order chi connectivity index (χ0) is 9.40. The summed E-state index contributed by atoms with van der Waals surface area (Å²) in [6.07, 6.45) is 0. The van der Waals surface area contributed by atoms with Crippen LogP contribution < -0.4 is 0 Å². The SMILES string of the molecule is CON=C(CSCC#N)C(=O)O. The molecule has 66 valence electrons. The molecule has 0 aliphatic carbocycles. The molecule has 1 N–H and O–H groups in total. The van der Waals surface area contributed by atoms with E-state index in [-0.39, 0.29) is 17.2 Å². The fourth-order valence-electron chi connectivity index (χ4n) is 0.431. The van der Waals surface area contributed by atoms with E-state index in [0.29, 0.717) is 0 Å². The minimum atomic E-state index is -1.12. The predicted molar refractivity (Wildman–Crippen MR) is 45.0 cm³/mol. The van der Waals surface area contributed by atoms with Crippen molar-refractivity contribution in [3.63, 3.8) is 0 Å². The van der Waals surface area contributed by atoms with Gasteiger partial charge in [0.15, 0.2) is 5.71 Å². The lowest BCUT2D eigenvalue weighted by molar-refractivity contribution is -0.129. The third-order valence-electron chi connectivity index (χ3n) is 0.854. The first-order valence-electron chi connectivity index (χ1n) is 3.00. The Balaban J connectivity index is 3.91. The van der Waals surface area contributed by atoms with Crippen LogP contribution in [0.15, 0.2) is 5.16 Å². The third-order valence-corrected chi connectivity index (χ3v) is 1.66. The van der Waals surface area contributed by atoms with E-state index in [1.165, 1.54) is 18.9 Å². The molecular formula is C6H8N2O3S. The first-order chi connectivity index (χ1) is 5.72. The Hall–Kier alpha value is -1.22. The monoisotopic (exact) mass is 188 g/mol. The van der Waals surface area contributed by atoms with Crippen LogP contribution in [-0.2, 0) is 9.63 Å². The number of oxime groups is 1. The molecule has 0 saturated heterocycles. The predicted octanol–water partition coefficient (Wildman–Crippen LogP) is 0.330. The van der Waals surface area contributed by atoms with Crippen molar-refractivity contribution in [1.29, 1.82) is 5.26 Å². The molecule has 0 bridgehead atoms. The van der Waals surface area contributed by atoms with E-state index in [1.807, 2.05) is 6.07 Å². The van der Waals surface area contributed by atoms with E-state index in [1.54, 1.807) is 0 Å². The lowest BCUT2D eigenvalue weighted by Gasteiger charge is -1.96. The summed E-state index contributed by atoms with van der Waals surface area (Å²) >= 11 is 1.18. The molecule has 0 fully saturated rings. The maximum Gasteiger partial charge on any atom is 0.354 e. The number of thioether (sulfide) groups is 1. The number of hydrogen-bond acceptors (Lipinski definition) is 5. The van der Waals surface area contributed by atoms with Crippen LogP contribution >= 0.6 is 11.8 Å². The van der Waals surface area contributed by atoms with Crippen molar-refractivity contribution in [2.24, 2.45) is 5.16 Å². The second-order valence-corrected chi connectivity index (χ2v) is 2.66. The molecule has 0 aromatic rings. The summed E-state index contributed by atoms with van der Waals surface area (Å²) in [4.78, 5) is 14.7. The molecule has 0 radical (unpaired) electrons. The maximum atomic E-state index is 10.4. The average Bonchev–Trinajstić information content (AvgIpc) is 2.03. The van der Waals surface area contributed by atoms with E-state index in [9.17, 15) is 4.79 Å². The molecule has 0 atom stereocenters. The average molecular weight is 188 g/mol. The Bertz CT molecular complexity index is 221. The highest BCUT2D eigenvalue weighted by molar-refractivity contribution is 8.00. The van der Waals surface area contributed by atoms with Gasteiger partial charge < -0.3 is 9.94 Å². The quantitative estimate of drug-likeness (QED) is 0.382. The van der Waals surface area contributed by atoms with Gasteiger partial charge in [-0.15, -0.1) is 11.8 Å². The fraction of sp³-hybridized carbons (Fsp3) is 0.500. The lowest BCUT2D eigenvalue weighted by Crippen LogP contribution is -2.16. The number of aliphatic carboxylic acids is 1. The summed E-state index contributed by atoms with van der Waals surface area (Å²) in [5, 5.41) is 19.9. The molecule has 5 nitrogen and oxygen atoms in total. The van der Waals surface area contributed by atoms with Crippen molar-refractivity contribution >= 4 is 23.4 Å². The number of hydrogen-bond donors (Lipinski definition) is 1. The summed E-state index contributed by atoms with van der Waals surface area (Å²) in [5.74, 6) is -0.700. The van der Waals surface area contributed by atoms with Gasteiger partial charge >= 0.3 is 5.97 Å². The summed E-state index contributed by atoms with van der Waals surface area (Å²) < 4.78 is 0. The van der Waals surface area contributed by atoms with E-state index in [4.69, 9.17) is 10.4 Å². The lowest BCUT2D eigenvalue weighted by atomic mass is 10.4. The maximum absolute atomic E-state index is 10.4. The highest BCUT2D eigenvalue weighted by Gasteiger charge is 2.09. The van der Waals surface area contributed by atoms with Crippen molar-refractivity contribution in [1.82, 2.24) is 0 Å². The molecule has 0 saturated carbocycles.